The minimum Gasteiger partial charge on any atom is -0.372 e. The summed E-state index contributed by atoms with van der Waals surface area (Å²) in [7, 11) is 0. The number of ether oxygens (including phenoxy) is 1. The van der Waals surface area contributed by atoms with E-state index >= 15 is 0 Å². The third-order valence-corrected chi connectivity index (χ3v) is 6.20. The highest BCUT2D eigenvalue weighted by atomic mass is 79.9. The summed E-state index contributed by atoms with van der Waals surface area (Å²) in [5, 5.41) is 0. The van der Waals surface area contributed by atoms with Gasteiger partial charge in [0.15, 0.2) is 0 Å². The van der Waals surface area contributed by atoms with E-state index in [1.165, 1.54) is 33.4 Å². The third-order valence-electron chi connectivity index (χ3n) is 4.82. The Labute approximate surface area is 188 Å². The predicted molar refractivity (Wildman–Crippen MR) is 128 cm³/mol. The maximum atomic E-state index is 5.93. The molecule has 0 aliphatic carbocycles. The fourth-order valence-electron chi connectivity index (χ4n) is 3.24. The van der Waals surface area contributed by atoms with Gasteiger partial charge >= 0.3 is 0 Å². The summed E-state index contributed by atoms with van der Waals surface area (Å²) in [5.41, 5.74) is 7.14. The molecule has 0 amide bonds. The Bertz CT molecular complexity index is 997. The molecule has 0 bridgehead atoms. The van der Waals surface area contributed by atoms with Crippen LogP contribution in [-0.4, -0.2) is 0 Å². The second-order valence-corrected chi connectivity index (χ2v) is 8.56. The lowest BCUT2D eigenvalue weighted by Gasteiger charge is -2.09. The van der Waals surface area contributed by atoms with E-state index in [2.05, 4.69) is 117 Å². The van der Waals surface area contributed by atoms with Crippen molar-refractivity contribution in [3.63, 3.8) is 0 Å². The van der Waals surface area contributed by atoms with E-state index in [0.717, 1.165) is 8.95 Å². The summed E-state index contributed by atoms with van der Waals surface area (Å²) in [5.74, 6) is 0. The normalized spacial score (nSPS) is 10.8. The van der Waals surface area contributed by atoms with Crippen molar-refractivity contribution in [3.8, 4) is 22.3 Å². The molecule has 144 valence electrons. The summed E-state index contributed by atoms with van der Waals surface area (Å²) >= 11 is 7.23. The van der Waals surface area contributed by atoms with Gasteiger partial charge in [-0.2, -0.15) is 0 Å². The molecular weight excluding hydrogens is 488 g/mol. The van der Waals surface area contributed by atoms with E-state index in [1.54, 1.807) is 0 Å². The number of rotatable bonds is 6. The van der Waals surface area contributed by atoms with Crippen LogP contribution < -0.4 is 0 Å². The molecule has 4 aromatic rings. The van der Waals surface area contributed by atoms with Crippen LogP contribution in [0.1, 0.15) is 11.1 Å². The van der Waals surface area contributed by atoms with E-state index in [9.17, 15) is 0 Å². The topological polar surface area (TPSA) is 9.23 Å². The number of benzene rings is 4. The molecule has 0 unspecified atom stereocenters. The zero-order valence-electron chi connectivity index (χ0n) is 15.8. The van der Waals surface area contributed by atoms with Gasteiger partial charge in [-0.25, -0.2) is 0 Å². The highest BCUT2D eigenvalue weighted by molar-refractivity contribution is 9.11. The number of hydrogen-bond donors (Lipinski definition) is 0. The zero-order chi connectivity index (χ0) is 20.1. The van der Waals surface area contributed by atoms with Crippen molar-refractivity contribution >= 4 is 31.9 Å². The largest absolute Gasteiger partial charge is 0.372 e. The third kappa shape index (κ3) is 5.05. The Kier molecular flexibility index (Phi) is 6.60. The second kappa shape index (κ2) is 9.53. The van der Waals surface area contributed by atoms with Crippen molar-refractivity contribution in [1.29, 1.82) is 0 Å². The summed E-state index contributed by atoms with van der Waals surface area (Å²) < 4.78 is 8.14. The summed E-state index contributed by atoms with van der Waals surface area (Å²) in [6, 6.07) is 33.6. The minimum absolute atomic E-state index is 0.599. The Balaban J connectivity index is 1.34. The average molecular weight is 508 g/mol. The first-order chi connectivity index (χ1) is 14.2. The molecular formula is C26H20Br2O. The number of halogens is 2. The maximum Gasteiger partial charge on any atom is 0.0721 e. The van der Waals surface area contributed by atoms with Gasteiger partial charge in [-0.3, -0.25) is 0 Å². The molecule has 0 atom stereocenters. The van der Waals surface area contributed by atoms with Crippen molar-refractivity contribution in [2.45, 2.75) is 13.2 Å². The molecule has 0 N–H and O–H groups in total. The first-order valence-electron chi connectivity index (χ1n) is 9.46. The fourth-order valence-corrected chi connectivity index (χ4v) is 4.27. The summed E-state index contributed by atoms with van der Waals surface area (Å²) in [6.07, 6.45) is 0. The van der Waals surface area contributed by atoms with Gasteiger partial charge in [-0.15, -0.1) is 0 Å². The molecule has 0 fully saturated rings. The SMILES string of the molecule is Brc1ccccc1-c1ccc(COCc2ccc(-c3ccccc3Br)cc2)cc1. The van der Waals surface area contributed by atoms with Crippen LogP contribution in [0.4, 0.5) is 0 Å². The van der Waals surface area contributed by atoms with E-state index in [0.29, 0.717) is 13.2 Å². The highest BCUT2D eigenvalue weighted by Gasteiger charge is 2.04. The van der Waals surface area contributed by atoms with Crippen LogP contribution in [0, 0.1) is 0 Å². The molecule has 4 aromatic carbocycles. The first-order valence-corrected chi connectivity index (χ1v) is 11.0. The zero-order valence-corrected chi connectivity index (χ0v) is 19.0. The fraction of sp³-hybridized carbons (Fsp3) is 0.0769. The molecule has 29 heavy (non-hydrogen) atoms. The van der Waals surface area contributed by atoms with Crippen LogP contribution in [0.5, 0.6) is 0 Å². The standard InChI is InChI=1S/C26H20Br2O/c27-25-7-3-1-5-23(25)21-13-9-19(10-14-21)17-29-18-20-11-15-22(16-12-20)24-6-2-4-8-26(24)28/h1-16H,17-18H2. The minimum atomic E-state index is 0.599. The van der Waals surface area contributed by atoms with E-state index < -0.39 is 0 Å². The van der Waals surface area contributed by atoms with E-state index in [4.69, 9.17) is 4.74 Å². The molecule has 0 aromatic heterocycles. The van der Waals surface area contributed by atoms with Crippen molar-refractivity contribution < 1.29 is 4.74 Å². The molecule has 0 spiro atoms. The molecule has 0 heterocycles. The van der Waals surface area contributed by atoms with Crippen molar-refractivity contribution in [2.24, 2.45) is 0 Å². The smallest absolute Gasteiger partial charge is 0.0721 e. The number of hydrogen-bond acceptors (Lipinski definition) is 1. The lowest BCUT2D eigenvalue weighted by atomic mass is 10.0. The Morgan fingerprint density at radius 1 is 0.483 bits per heavy atom. The van der Waals surface area contributed by atoms with E-state index in [-0.39, 0.29) is 0 Å². The summed E-state index contributed by atoms with van der Waals surface area (Å²) in [6.45, 7) is 1.20. The van der Waals surface area contributed by atoms with E-state index in [1.807, 2.05) is 12.1 Å². The van der Waals surface area contributed by atoms with Gasteiger partial charge in [0.05, 0.1) is 13.2 Å². The Hall–Kier alpha value is -2.20. The molecule has 0 aliphatic rings. The van der Waals surface area contributed by atoms with Crippen LogP contribution >= 0.6 is 31.9 Å². The van der Waals surface area contributed by atoms with Gasteiger partial charge in [0.1, 0.15) is 0 Å². The van der Waals surface area contributed by atoms with Crippen LogP contribution in [-0.2, 0) is 18.0 Å². The highest BCUT2D eigenvalue weighted by Crippen LogP contribution is 2.29. The van der Waals surface area contributed by atoms with Gasteiger partial charge < -0.3 is 4.74 Å². The Morgan fingerprint density at radius 3 is 1.24 bits per heavy atom. The Morgan fingerprint density at radius 2 is 0.862 bits per heavy atom. The van der Waals surface area contributed by atoms with Crippen LogP contribution in [0.15, 0.2) is 106 Å². The van der Waals surface area contributed by atoms with Crippen molar-refractivity contribution in [3.05, 3.63) is 117 Å². The van der Waals surface area contributed by atoms with Gasteiger partial charge in [-0.05, 0) is 45.5 Å². The van der Waals surface area contributed by atoms with Crippen LogP contribution in [0.3, 0.4) is 0 Å². The van der Waals surface area contributed by atoms with Crippen LogP contribution in [0.25, 0.3) is 22.3 Å². The molecule has 3 heteroatoms. The quantitative estimate of drug-likeness (QED) is 0.255. The lowest BCUT2D eigenvalue weighted by molar-refractivity contribution is 0.107. The van der Waals surface area contributed by atoms with Crippen LogP contribution in [0.2, 0.25) is 0 Å². The van der Waals surface area contributed by atoms with Gasteiger partial charge in [0.2, 0.25) is 0 Å². The molecule has 0 saturated heterocycles. The average Bonchev–Trinajstić information content (AvgIpc) is 2.76. The van der Waals surface area contributed by atoms with Crippen molar-refractivity contribution in [2.75, 3.05) is 0 Å². The maximum absolute atomic E-state index is 5.93. The van der Waals surface area contributed by atoms with Gasteiger partial charge in [0, 0.05) is 8.95 Å². The van der Waals surface area contributed by atoms with Crippen molar-refractivity contribution in [1.82, 2.24) is 0 Å². The molecule has 4 rings (SSSR count). The molecule has 1 nitrogen and oxygen atoms in total. The second-order valence-electron chi connectivity index (χ2n) is 6.85. The van der Waals surface area contributed by atoms with Gasteiger partial charge in [-0.1, -0.05) is 117 Å². The molecule has 0 aliphatic heterocycles. The monoisotopic (exact) mass is 506 g/mol. The first kappa shape index (κ1) is 20.1. The summed E-state index contributed by atoms with van der Waals surface area (Å²) in [4.78, 5) is 0. The lowest BCUT2D eigenvalue weighted by Crippen LogP contribution is -1.94. The van der Waals surface area contributed by atoms with Gasteiger partial charge in [0.25, 0.3) is 0 Å². The molecule has 0 radical (unpaired) electrons. The predicted octanol–water partition coefficient (Wildman–Crippen LogP) is 8.26. The molecule has 0 saturated carbocycles.